The fourth-order valence-electron chi connectivity index (χ4n) is 2.01. The van der Waals surface area contributed by atoms with Crippen molar-refractivity contribution in [1.29, 1.82) is 0 Å². The molecule has 100 valence electrons. The van der Waals surface area contributed by atoms with Gasteiger partial charge in [0.1, 0.15) is 5.82 Å². The van der Waals surface area contributed by atoms with Crippen molar-refractivity contribution in [1.82, 2.24) is 14.8 Å². The van der Waals surface area contributed by atoms with Gasteiger partial charge in [-0.25, -0.2) is 9.07 Å². The lowest BCUT2D eigenvalue weighted by atomic mass is 10.2. The Bertz CT molecular complexity index is 708. The first kappa shape index (κ1) is 12.5. The number of aliphatic hydroxyl groups excluding tert-OH is 1. The van der Waals surface area contributed by atoms with Crippen molar-refractivity contribution in [3.05, 3.63) is 66.4 Å². The van der Waals surface area contributed by atoms with E-state index in [1.165, 1.54) is 12.1 Å². The summed E-state index contributed by atoms with van der Waals surface area (Å²) in [5, 5.41) is 13.6. The monoisotopic (exact) mass is 269 g/mol. The number of halogens is 1. The number of nitrogens with zero attached hydrogens (tertiary/aromatic N) is 3. The first-order valence-corrected chi connectivity index (χ1v) is 6.14. The van der Waals surface area contributed by atoms with Crippen LogP contribution >= 0.6 is 0 Å². The number of hydrogen-bond donors (Lipinski definition) is 1. The number of benzene rings is 1. The maximum Gasteiger partial charge on any atom is 0.123 e. The Morgan fingerprint density at radius 3 is 2.40 bits per heavy atom. The summed E-state index contributed by atoms with van der Waals surface area (Å²) in [6.45, 7) is -0.147. The molecule has 0 unspecified atom stereocenters. The second-order valence-corrected chi connectivity index (χ2v) is 4.30. The molecule has 0 saturated carbocycles. The quantitative estimate of drug-likeness (QED) is 0.795. The summed E-state index contributed by atoms with van der Waals surface area (Å²) in [6, 6.07) is 11.6. The minimum absolute atomic E-state index is 0.147. The normalized spacial score (nSPS) is 10.7. The minimum Gasteiger partial charge on any atom is -0.390 e. The Labute approximate surface area is 115 Å². The lowest BCUT2D eigenvalue weighted by molar-refractivity contribution is 0.276. The van der Waals surface area contributed by atoms with Gasteiger partial charge in [-0.2, -0.15) is 5.10 Å². The zero-order valence-electron chi connectivity index (χ0n) is 10.6. The van der Waals surface area contributed by atoms with Crippen LogP contribution in [0, 0.1) is 5.82 Å². The number of rotatable bonds is 3. The van der Waals surface area contributed by atoms with Gasteiger partial charge in [0, 0.05) is 18.0 Å². The van der Waals surface area contributed by atoms with Gasteiger partial charge in [-0.05, 0) is 42.5 Å². The fraction of sp³-hybridized carbons (Fsp3) is 0.0667. The van der Waals surface area contributed by atoms with Crippen LogP contribution in [0.2, 0.25) is 0 Å². The van der Waals surface area contributed by atoms with Crippen LogP contribution in [0.4, 0.5) is 4.39 Å². The zero-order valence-corrected chi connectivity index (χ0v) is 10.6. The van der Waals surface area contributed by atoms with Crippen LogP contribution in [0.1, 0.15) is 5.69 Å². The molecule has 2 aromatic heterocycles. The zero-order chi connectivity index (χ0) is 13.9. The van der Waals surface area contributed by atoms with Crippen LogP contribution < -0.4 is 0 Å². The smallest absolute Gasteiger partial charge is 0.123 e. The number of pyridine rings is 1. The minimum atomic E-state index is -0.297. The van der Waals surface area contributed by atoms with Gasteiger partial charge in [0.05, 0.1) is 23.7 Å². The maximum absolute atomic E-state index is 13.0. The van der Waals surface area contributed by atoms with Crippen LogP contribution in [-0.2, 0) is 6.61 Å². The first-order valence-electron chi connectivity index (χ1n) is 6.14. The lowest BCUT2D eigenvalue weighted by Crippen LogP contribution is -2.00. The van der Waals surface area contributed by atoms with E-state index < -0.39 is 0 Å². The van der Waals surface area contributed by atoms with Crippen LogP contribution in [-0.4, -0.2) is 19.9 Å². The van der Waals surface area contributed by atoms with Gasteiger partial charge in [0.2, 0.25) is 0 Å². The predicted molar refractivity (Wildman–Crippen MR) is 72.7 cm³/mol. The molecular formula is C15H12FN3O. The summed E-state index contributed by atoms with van der Waals surface area (Å²) in [5.41, 5.74) is 3.04. The molecule has 0 bridgehead atoms. The molecule has 0 spiro atoms. The molecule has 0 atom stereocenters. The highest BCUT2D eigenvalue weighted by Gasteiger charge is 2.11. The van der Waals surface area contributed by atoms with E-state index in [0.29, 0.717) is 5.69 Å². The molecule has 0 aliphatic heterocycles. The maximum atomic E-state index is 13.0. The van der Waals surface area contributed by atoms with Crippen LogP contribution in [0.25, 0.3) is 16.9 Å². The van der Waals surface area contributed by atoms with E-state index >= 15 is 0 Å². The van der Waals surface area contributed by atoms with Crippen molar-refractivity contribution in [3.63, 3.8) is 0 Å². The first-order chi connectivity index (χ1) is 9.78. The number of hydrogen-bond acceptors (Lipinski definition) is 3. The average Bonchev–Trinajstić information content (AvgIpc) is 2.93. The summed E-state index contributed by atoms with van der Waals surface area (Å²) in [5.74, 6) is -0.297. The molecule has 2 heterocycles. The Morgan fingerprint density at radius 2 is 1.75 bits per heavy atom. The van der Waals surface area contributed by atoms with E-state index in [4.69, 9.17) is 0 Å². The number of aromatic nitrogens is 3. The van der Waals surface area contributed by atoms with Crippen LogP contribution in [0.5, 0.6) is 0 Å². The fourth-order valence-corrected chi connectivity index (χ4v) is 2.01. The van der Waals surface area contributed by atoms with E-state index in [-0.39, 0.29) is 12.4 Å². The van der Waals surface area contributed by atoms with Crippen molar-refractivity contribution in [2.75, 3.05) is 0 Å². The lowest BCUT2D eigenvalue weighted by Gasteiger charge is -2.07. The van der Waals surface area contributed by atoms with E-state index in [2.05, 4.69) is 10.1 Å². The highest BCUT2D eigenvalue weighted by molar-refractivity contribution is 5.62. The molecule has 1 N–H and O–H groups in total. The Morgan fingerprint density at radius 1 is 1.05 bits per heavy atom. The third-order valence-corrected chi connectivity index (χ3v) is 2.97. The summed E-state index contributed by atoms with van der Waals surface area (Å²) in [6.07, 6.45) is 3.38. The standard InChI is InChI=1S/C15H12FN3O/c16-12-1-3-14(4-2-12)19-15(9-13(10-20)18-19)11-5-7-17-8-6-11/h1-9,20H,10H2. The molecule has 0 radical (unpaired) electrons. The van der Waals surface area contributed by atoms with Gasteiger partial charge < -0.3 is 5.11 Å². The molecule has 5 heteroatoms. The van der Waals surface area contributed by atoms with Gasteiger partial charge in [-0.15, -0.1) is 0 Å². The molecule has 0 saturated heterocycles. The summed E-state index contributed by atoms with van der Waals surface area (Å²) >= 11 is 0. The molecule has 1 aromatic carbocycles. The van der Waals surface area contributed by atoms with E-state index in [9.17, 15) is 9.50 Å². The average molecular weight is 269 g/mol. The Balaban J connectivity index is 2.15. The van der Waals surface area contributed by atoms with Crippen LogP contribution in [0.3, 0.4) is 0 Å². The Hall–Kier alpha value is -2.53. The highest BCUT2D eigenvalue weighted by Crippen LogP contribution is 2.23. The number of aliphatic hydroxyl groups is 1. The van der Waals surface area contributed by atoms with Gasteiger partial charge in [-0.3, -0.25) is 4.98 Å². The third-order valence-electron chi connectivity index (χ3n) is 2.97. The van der Waals surface area contributed by atoms with E-state index in [1.807, 2.05) is 12.1 Å². The molecule has 0 aliphatic carbocycles. The topological polar surface area (TPSA) is 50.9 Å². The molecule has 0 fully saturated rings. The van der Waals surface area contributed by atoms with Gasteiger partial charge in [-0.1, -0.05) is 0 Å². The summed E-state index contributed by atoms with van der Waals surface area (Å²) in [4.78, 5) is 3.98. The van der Waals surface area contributed by atoms with Crippen molar-refractivity contribution in [3.8, 4) is 16.9 Å². The molecule has 0 aliphatic rings. The molecule has 3 aromatic rings. The molecule has 0 amide bonds. The van der Waals surface area contributed by atoms with Gasteiger partial charge in [0.15, 0.2) is 0 Å². The van der Waals surface area contributed by atoms with Gasteiger partial charge >= 0.3 is 0 Å². The largest absolute Gasteiger partial charge is 0.390 e. The highest BCUT2D eigenvalue weighted by atomic mass is 19.1. The Kier molecular flexibility index (Phi) is 3.26. The van der Waals surface area contributed by atoms with E-state index in [0.717, 1.165) is 16.9 Å². The molecule has 20 heavy (non-hydrogen) atoms. The van der Waals surface area contributed by atoms with Crippen molar-refractivity contribution >= 4 is 0 Å². The SMILES string of the molecule is OCc1cc(-c2ccncc2)n(-c2ccc(F)cc2)n1. The summed E-state index contributed by atoms with van der Waals surface area (Å²) < 4.78 is 14.7. The second-order valence-electron chi connectivity index (χ2n) is 4.30. The van der Waals surface area contributed by atoms with Crippen molar-refractivity contribution in [2.45, 2.75) is 6.61 Å². The second kappa shape index (κ2) is 5.22. The van der Waals surface area contributed by atoms with Gasteiger partial charge in [0.25, 0.3) is 0 Å². The third kappa shape index (κ3) is 2.31. The summed E-state index contributed by atoms with van der Waals surface area (Å²) in [7, 11) is 0. The van der Waals surface area contributed by atoms with E-state index in [1.54, 1.807) is 35.3 Å². The molecular weight excluding hydrogens is 257 g/mol. The molecule has 4 nitrogen and oxygen atoms in total. The molecule has 3 rings (SSSR count). The van der Waals surface area contributed by atoms with Crippen molar-refractivity contribution < 1.29 is 9.50 Å². The van der Waals surface area contributed by atoms with Crippen molar-refractivity contribution in [2.24, 2.45) is 0 Å². The van der Waals surface area contributed by atoms with Crippen LogP contribution in [0.15, 0.2) is 54.9 Å². The predicted octanol–water partition coefficient (Wildman–Crippen LogP) is 2.57.